The van der Waals surface area contributed by atoms with E-state index in [0.29, 0.717) is 6.61 Å². The van der Waals surface area contributed by atoms with Crippen molar-refractivity contribution in [1.82, 2.24) is 4.98 Å². The minimum absolute atomic E-state index is 0.141. The van der Waals surface area contributed by atoms with Crippen LogP contribution in [0, 0.1) is 6.92 Å². The highest BCUT2D eigenvalue weighted by Gasteiger charge is 2.10. The first kappa shape index (κ1) is 14.7. The number of hydrogen-bond acceptors (Lipinski definition) is 3. The van der Waals surface area contributed by atoms with Crippen molar-refractivity contribution >= 4 is 0 Å². The molecule has 0 aromatic carbocycles. The third kappa shape index (κ3) is 4.88. The first-order valence-electron chi connectivity index (χ1n) is 6.52. The molecule has 1 unspecified atom stereocenters. The first-order chi connectivity index (χ1) is 8.52. The van der Waals surface area contributed by atoms with Crippen LogP contribution in [0.1, 0.15) is 38.1 Å². The number of pyridine rings is 1. The summed E-state index contributed by atoms with van der Waals surface area (Å²) in [5.74, 6) is 0.853. The zero-order chi connectivity index (χ0) is 13.5. The van der Waals surface area contributed by atoms with Crippen molar-refractivity contribution in [2.24, 2.45) is 5.73 Å². The molecule has 3 heteroatoms. The van der Waals surface area contributed by atoms with Gasteiger partial charge in [-0.2, -0.15) is 0 Å². The molecule has 0 radical (unpaired) electrons. The molecule has 2 N–H and O–H groups in total. The topological polar surface area (TPSA) is 48.1 Å². The van der Waals surface area contributed by atoms with Crippen LogP contribution in [0.15, 0.2) is 24.3 Å². The van der Waals surface area contributed by atoms with E-state index >= 15 is 0 Å². The number of hydrogen-bond donors (Lipinski definition) is 1. The molecule has 0 aliphatic heterocycles. The number of nitrogens with zero attached hydrogens (tertiary/aromatic N) is 1. The van der Waals surface area contributed by atoms with E-state index in [1.807, 2.05) is 26.0 Å². The fourth-order valence-electron chi connectivity index (χ4n) is 1.60. The second kappa shape index (κ2) is 7.17. The van der Waals surface area contributed by atoms with Gasteiger partial charge in [0.25, 0.3) is 0 Å². The smallest absolute Gasteiger partial charge is 0.140 e. The molecule has 18 heavy (non-hydrogen) atoms. The van der Waals surface area contributed by atoms with Gasteiger partial charge >= 0.3 is 0 Å². The Balaban J connectivity index is 2.72. The molecule has 0 saturated heterocycles. The molecular formula is C15H24N2O. The van der Waals surface area contributed by atoms with Gasteiger partial charge in [0, 0.05) is 24.6 Å². The van der Waals surface area contributed by atoms with Crippen molar-refractivity contribution in [2.45, 2.75) is 46.1 Å². The molecule has 0 bridgehead atoms. The number of rotatable bonds is 7. The molecule has 3 nitrogen and oxygen atoms in total. The van der Waals surface area contributed by atoms with E-state index in [1.165, 1.54) is 0 Å². The molecule has 1 aromatic rings. The van der Waals surface area contributed by atoms with Gasteiger partial charge in [0.05, 0.1) is 12.3 Å². The van der Waals surface area contributed by atoms with Gasteiger partial charge in [-0.3, -0.25) is 4.98 Å². The van der Waals surface area contributed by atoms with Crippen LogP contribution in [0.5, 0.6) is 5.75 Å². The lowest BCUT2D eigenvalue weighted by Gasteiger charge is -2.14. The van der Waals surface area contributed by atoms with Gasteiger partial charge in [0.1, 0.15) is 5.75 Å². The van der Waals surface area contributed by atoms with Crippen LogP contribution in [-0.2, 0) is 6.42 Å². The number of aryl methyl sites for hydroxylation is 1. The summed E-state index contributed by atoms with van der Waals surface area (Å²) in [5.41, 5.74) is 9.08. The van der Waals surface area contributed by atoms with E-state index in [1.54, 1.807) is 0 Å². The Morgan fingerprint density at radius 1 is 1.50 bits per heavy atom. The van der Waals surface area contributed by atoms with Gasteiger partial charge in [-0.25, -0.2) is 0 Å². The average molecular weight is 248 g/mol. The van der Waals surface area contributed by atoms with Crippen LogP contribution in [0.3, 0.4) is 0 Å². The maximum Gasteiger partial charge on any atom is 0.140 e. The van der Waals surface area contributed by atoms with Crippen LogP contribution in [-0.4, -0.2) is 17.6 Å². The molecule has 0 amide bonds. The normalized spacial score (nSPS) is 12.2. The van der Waals surface area contributed by atoms with Crippen molar-refractivity contribution in [3.8, 4) is 5.75 Å². The summed E-state index contributed by atoms with van der Waals surface area (Å²) >= 11 is 0. The Hall–Kier alpha value is -1.35. The van der Waals surface area contributed by atoms with Crippen molar-refractivity contribution < 1.29 is 4.74 Å². The largest absolute Gasteiger partial charge is 0.491 e. The Morgan fingerprint density at radius 2 is 2.22 bits per heavy atom. The summed E-state index contributed by atoms with van der Waals surface area (Å²) in [6.45, 7) is 10.6. The first-order valence-corrected chi connectivity index (χ1v) is 6.52. The lowest BCUT2D eigenvalue weighted by molar-refractivity contribution is 0.315. The van der Waals surface area contributed by atoms with Crippen LogP contribution in [0.25, 0.3) is 0 Å². The van der Waals surface area contributed by atoms with Crippen molar-refractivity contribution in [2.75, 3.05) is 6.61 Å². The van der Waals surface area contributed by atoms with Gasteiger partial charge in [0.2, 0.25) is 0 Å². The molecular weight excluding hydrogens is 224 g/mol. The summed E-state index contributed by atoms with van der Waals surface area (Å²) in [6.07, 6.45) is 2.58. The van der Waals surface area contributed by atoms with Crippen LogP contribution >= 0.6 is 0 Å². The molecule has 1 heterocycles. The maximum absolute atomic E-state index is 5.99. The number of ether oxygens (including phenoxy) is 1. The van der Waals surface area contributed by atoms with E-state index in [4.69, 9.17) is 10.5 Å². The fraction of sp³-hybridized carbons (Fsp3) is 0.533. The highest BCUT2D eigenvalue weighted by Crippen LogP contribution is 2.19. The van der Waals surface area contributed by atoms with Gasteiger partial charge in [-0.05, 0) is 32.4 Å². The number of nitrogens with two attached hydrogens (primary N) is 1. The molecule has 0 fully saturated rings. The molecule has 0 spiro atoms. The molecule has 100 valence electrons. The van der Waals surface area contributed by atoms with E-state index in [0.717, 1.165) is 42.0 Å². The van der Waals surface area contributed by atoms with Crippen molar-refractivity contribution in [1.29, 1.82) is 0 Å². The Kier molecular flexibility index (Phi) is 5.86. The van der Waals surface area contributed by atoms with E-state index < -0.39 is 0 Å². The van der Waals surface area contributed by atoms with E-state index in [2.05, 4.69) is 18.5 Å². The summed E-state index contributed by atoms with van der Waals surface area (Å²) in [6, 6.07) is 4.10. The zero-order valence-electron chi connectivity index (χ0n) is 11.7. The molecule has 0 aliphatic carbocycles. The maximum atomic E-state index is 5.99. The highest BCUT2D eigenvalue weighted by molar-refractivity contribution is 5.30. The lowest BCUT2D eigenvalue weighted by Crippen LogP contribution is -2.22. The van der Waals surface area contributed by atoms with Crippen LogP contribution in [0.4, 0.5) is 0 Å². The molecule has 1 rings (SSSR count). The SMILES string of the molecule is C=C(C)CCOc1ccc(C)nc1CC(N)CC. The Morgan fingerprint density at radius 3 is 2.83 bits per heavy atom. The minimum Gasteiger partial charge on any atom is -0.491 e. The quantitative estimate of drug-likeness (QED) is 0.755. The summed E-state index contributed by atoms with van der Waals surface area (Å²) in [5, 5.41) is 0. The number of aromatic nitrogens is 1. The Bertz CT molecular complexity index is 401. The fourth-order valence-corrected chi connectivity index (χ4v) is 1.60. The molecule has 1 atom stereocenters. The third-order valence-corrected chi connectivity index (χ3v) is 2.84. The van der Waals surface area contributed by atoms with Gasteiger partial charge < -0.3 is 10.5 Å². The second-order valence-corrected chi connectivity index (χ2v) is 4.83. The predicted octanol–water partition coefficient (Wildman–Crippen LogP) is 3.01. The zero-order valence-corrected chi connectivity index (χ0v) is 11.7. The molecule has 1 aromatic heterocycles. The van der Waals surface area contributed by atoms with Gasteiger partial charge in [-0.1, -0.05) is 12.5 Å². The minimum atomic E-state index is 0.141. The second-order valence-electron chi connectivity index (χ2n) is 4.83. The summed E-state index contributed by atoms with van der Waals surface area (Å²) in [7, 11) is 0. The molecule has 0 aliphatic rings. The van der Waals surface area contributed by atoms with Gasteiger partial charge in [-0.15, -0.1) is 6.58 Å². The Labute approximate surface area is 110 Å². The standard InChI is InChI=1S/C15H24N2O/c1-5-13(16)10-14-15(7-6-12(4)17-14)18-9-8-11(2)3/h6-7,13H,2,5,8-10,16H2,1,3-4H3. The monoisotopic (exact) mass is 248 g/mol. The average Bonchev–Trinajstić information content (AvgIpc) is 2.31. The van der Waals surface area contributed by atoms with Crippen molar-refractivity contribution in [3.05, 3.63) is 35.7 Å². The van der Waals surface area contributed by atoms with Gasteiger partial charge in [0.15, 0.2) is 0 Å². The van der Waals surface area contributed by atoms with Crippen molar-refractivity contribution in [3.63, 3.8) is 0 Å². The van der Waals surface area contributed by atoms with E-state index in [-0.39, 0.29) is 6.04 Å². The summed E-state index contributed by atoms with van der Waals surface area (Å²) < 4.78 is 5.77. The van der Waals surface area contributed by atoms with E-state index in [9.17, 15) is 0 Å². The highest BCUT2D eigenvalue weighted by atomic mass is 16.5. The van der Waals surface area contributed by atoms with Crippen LogP contribution < -0.4 is 10.5 Å². The summed E-state index contributed by atoms with van der Waals surface area (Å²) in [4.78, 5) is 4.53. The predicted molar refractivity (Wildman–Crippen MR) is 75.9 cm³/mol. The molecule has 0 saturated carbocycles. The van der Waals surface area contributed by atoms with Crippen LogP contribution in [0.2, 0.25) is 0 Å². The lowest BCUT2D eigenvalue weighted by atomic mass is 10.1. The third-order valence-electron chi connectivity index (χ3n) is 2.84.